The first-order chi connectivity index (χ1) is 7.16. The molecule has 2 fully saturated rings. The van der Waals surface area contributed by atoms with Crippen LogP contribution in [-0.2, 0) is 0 Å². The van der Waals surface area contributed by atoms with E-state index in [4.69, 9.17) is 0 Å². The summed E-state index contributed by atoms with van der Waals surface area (Å²) in [6, 6.07) is 0. The second kappa shape index (κ2) is 4.77. The highest BCUT2D eigenvalue weighted by Gasteiger charge is 2.49. The molecule has 0 heterocycles. The van der Waals surface area contributed by atoms with E-state index in [1.807, 2.05) is 0 Å². The molecule has 2 rings (SSSR count). The highest BCUT2D eigenvalue weighted by molar-refractivity contribution is 9.09. The fourth-order valence-electron chi connectivity index (χ4n) is 3.96. The Morgan fingerprint density at radius 1 is 1.33 bits per heavy atom. The molecule has 2 aliphatic rings. The molecule has 0 aromatic rings. The van der Waals surface area contributed by atoms with Crippen LogP contribution in [0.15, 0.2) is 0 Å². The zero-order chi connectivity index (χ0) is 10.9. The summed E-state index contributed by atoms with van der Waals surface area (Å²) in [5, 5.41) is 1.26. The Hall–Kier alpha value is 0.480. The fraction of sp³-hybridized carbons (Fsp3) is 1.00. The molecule has 0 aromatic carbocycles. The highest BCUT2D eigenvalue weighted by Crippen LogP contribution is 2.58. The molecule has 2 bridgehead atoms. The van der Waals surface area contributed by atoms with E-state index in [9.17, 15) is 0 Å². The summed E-state index contributed by atoms with van der Waals surface area (Å²) >= 11 is 3.80. The minimum atomic E-state index is 0.706. The van der Waals surface area contributed by atoms with Gasteiger partial charge < -0.3 is 0 Å². The topological polar surface area (TPSA) is 0 Å². The van der Waals surface area contributed by atoms with Crippen LogP contribution in [0.25, 0.3) is 0 Å². The van der Waals surface area contributed by atoms with Gasteiger partial charge in [0, 0.05) is 5.33 Å². The minimum absolute atomic E-state index is 0.706. The Morgan fingerprint density at radius 2 is 2.13 bits per heavy atom. The normalized spacial score (nSPS) is 39.2. The smallest absolute Gasteiger partial charge is 0.00907 e. The van der Waals surface area contributed by atoms with Crippen LogP contribution in [0.1, 0.15) is 58.8 Å². The first-order valence-electron chi connectivity index (χ1n) is 6.72. The van der Waals surface area contributed by atoms with Crippen molar-refractivity contribution in [1.29, 1.82) is 0 Å². The van der Waals surface area contributed by atoms with Crippen molar-refractivity contribution in [2.24, 2.45) is 23.2 Å². The lowest BCUT2D eigenvalue weighted by molar-refractivity contribution is 0.174. The average Bonchev–Trinajstić information content (AvgIpc) is 2.77. The molecule has 0 N–H and O–H groups in total. The van der Waals surface area contributed by atoms with Gasteiger partial charge in [-0.3, -0.25) is 0 Å². The molecule has 15 heavy (non-hydrogen) atoms. The number of hydrogen-bond donors (Lipinski definition) is 0. The Morgan fingerprint density at radius 3 is 2.60 bits per heavy atom. The molecule has 2 aliphatic carbocycles. The van der Waals surface area contributed by atoms with Crippen LogP contribution in [0, 0.1) is 23.2 Å². The first-order valence-corrected chi connectivity index (χ1v) is 7.84. The van der Waals surface area contributed by atoms with Gasteiger partial charge in [0.25, 0.3) is 0 Å². The molecule has 1 heteroatoms. The van der Waals surface area contributed by atoms with E-state index in [1.165, 1.54) is 43.9 Å². The summed E-state index contributed by atoms with van der Waals surface area (Å²) in [5.74, 6) is 3.04. The quantitative estimate of drug-likeness (QED) is 0.617. The fourth-order valence-corrected chi connectivity index (χ4v) is 4.92. The molecule has 0 nitrogen and oxygen atoms in total. The van der Waals surface area contributed by atoms with E-state index < -0.39 is 0 Å². The molecule has 0 amide bonds. The Kier molecular flexibility index (Phi) is 3.80. The number of hydrogen-bond acceptors (Lipinski definition) is 0. The van der Waals surface area contributed by atoms with Crippen molar-refractivity contribution in [1.82, 2.24) is 0 Å². The maximum atomic E-state index is 3.80. The van der Waals surface area contributed by atoms with Crippen LogP contribution in [0.5, 0.6) is 0 Å². The first kappa shape index (κ1) is 12.0. The van der Waals surface area contributed by atoms with Gasteiger partial charge in [-0.25, -0.2) is 0 Å². The summed E-state index contributed by atoms with van der Waals surface area (Å²) in [5.41, 5.74) is 0.706. The van der Waals surface area contributed by atoms with Crippen molar-refractivity contribution >= 4 is 15.9 Å². The highest BCUT2D eigenvalue weighted by atomic mass is 79.9. The van der Waals surface area contributed by atoms with Gasteiger partial charge >= 0.3 is 0 Å². The average molecular weight is 273 g/mol. The van der Waals surface area contributed by atoms with Gasteiger partial charge in [0.1, 0.15) is 0 Å². The molecule has 0 radical (unpaired) electrons. The summed E-state index contributed by atoms with van der Waals surface area (Å²) in [4.78, 5) is 0. The lowest BCUT2D eigenvalue weighted by Crippen LogP contribution is -2.29. The molecule has 3 atom stereocenters. The predicted octanol–water partition coefficient (Wildman–Crippen LogP) is 5.01. The number of fused-ring (bicyclic) bond motifs is 2. The molecule has 3 unspecified atom stereocenters. The monoisotopic (exact) mass is 272 g/mol. The van der Waals surface area contributed by atoms with Crippen LogP contribution < -0.4 is 0 Å². The van der Waals surface area contributed by atoms with Crippen molar-refractivity contribution in [3.05, 3.63) is 0 Å². The van der Waals surface area contributed by atoms with E-state index in [0.29, 0.717) is 5.41 Å². The Labute approximate surface area is 103 Å². The van der Waals surface area contributed by atoms with Gasteiger partial charge in [-0.1, -0.05) is 49.0 Å². The van der Waals surface area contributed by atoms with Gasteiger partial charge in [-0.05, 0) is 48.9 Å². The molecule has 0 saturated heterocycles. The van der Waals surface area contributed by atoms with Crippen LogP contribution in [0.3, 0.4) is 0 Å². The van der Waals surface area contributed by atoms with Gasteiger partial charge in [0.15, 0.2) is 0 Å². The lowest BCUT2D eigenvalue weighted by Gasteiger charge is -2.36. The standard InChI is InChI=1S/C14H25Br/c1-11(2)4-3-7-14(10-15)9-12-5-6-13(14)8-12/h11-13H,3-10H2,1-2H3. The largest absolute Gasteiger partial charge is 0.0922 e. The Bertz CT molecular complexity index is 211. The molecule has 88 valence electrons. The summed E-state index contributed by atoms with van der Waals surface area (Å²) in [6.07, 6.45) is 10.5. The third-order valence-corrected chi connectivity index (χ3v) is 5.94. The van der Waals surface area contributed by atoms with E-state index in [-0.39, 0.29) is 0 Å². The maximum absolute atomic E-state index is 3.80. The second-order valence-electron chi connectivity index (χ2n) is 6.36. The van der Waals surface area contributed by atoms with Crippen LogP contribution in [0.4, 0.5) is 0 Å². The van der Waals surface area contributed by atoms with Crippen LogP contribution in [-0.4, -0.2) is 5.33 Å². The summed E-state index contributed by atoms with van der Waals surface area (Å²) in [6.45, 7) is 4.70. The maximum Gasteiger partial charge on any atom is 0.00907 e. The van der Waals surface area contributed by atoms with E-state index in [0.717, 1.165) is 17.8 Å². The third kappa shape index (κ3) is 2.43. The molecular weight excluding hydrogens is 248 g/mol. The second-order valence-corrected chi connectivity index (χ2v) is 6.92. The zero-order valence-electron chi connectivity index (χ0n) is 10.3. The van der Waals surface area contributed by atoms with Crippen molar-refractivity contribution in [2.45, 2.75) is 58.8 Å². The number of halogens is 1. The van der Waals surface area contributed by atoms with E-state index >= 15 is 0 Å². The molecule has 0 aromatic heterocycles. The van der Waals surface area contributed by atoms with Gasteiger partial charge in [0.05, 0.1) is 0 Å². The van der Waals surface area contributed by atoms with Crippen molar-refractivity contribution < 1.29 is 0 Å². The molecule has 0 spiro atoms. The number of rotatable bonds is 5. The van der Waals surface area contributed by atoms with E-state index in [2.05, 4.69) is 29.8 Å². The number of alkyl halides is 1. The third-order valence-electron chi connectivity index (χ3n) is 4.82. The van der Waals surface area contributed by atoms with Crippen molar-refractivity contribution in [3.63, 3.8) is 0 Å². The molecule has 2 saturated carbocycles. The molecule has 0 aliphatic heterocycles. The zero-order valence-corrected chi connectivity index (χ0v) is 11.9. The van der Waals surface area contributed by atoms with Crippen molar-refractivity contribution in [2.75, 3.05) is 5.33 Å². The van der Waals surface area contributed by atoms with Gasteiger partial charge in [0.2, 0.25) is 0 Å². The molecular formula is C14H25Br. The van der Waals surface area contributed by atoms with Crippen LogP contribution >= 0.6 is 15.9 Å². The minimum Gasteiger partial charge on any atom is -0.0922 e. The van der Waals surface area contributed by atoms with Crippen molar-refractivity contribution in [3.8, 4) is 0 Å². The Balaban J connectivity index is 1.86. The van der Waals surface area contributed by atoms with Gasteiger partial charge in [-0.15, -0.1) is 0 Å². The van der Waals surface area contributed by atoms with Crippen LogP contribution in [0.2, 0.25) is 0 Å². The predicted molar refractivity (Wildman–Crippen MR) is 70.4 cm³/mol. The SMILES string of the molecule is CC(C)CCCC1(CBr)CC2CCC1C2. The van der Waals surface area contributed by atoms with E-state index in [1.54, 1.807) is 6.42 Å². The van der Waals surface area contributed by atoms with Gasteiger partial charge in [-0.2, -0.15) is 0 Å². The lowest BCUT2D eigenvalue weighted by atomic mass is 9.71. The summed E-state index contributed by atoms with van der Waals surface area (Å²) in [7, 11) is 0. The summed E-state index contributed by atoms with van der Waals surface area (Å²) < 4.78 is 0.